The van der Waals surface area contributed by atoms with Crippen LogP contribution in [0.4, 0.5) is 11.4 Å². The van der Waals surface area contributed by atoms with Crippen LogP contribution in [0.25, 0.3) is 0 Å². The molecule has 2 saturated heterocycles. The maximum absolute atomic E-state index is 8.89. The number of anilines is 2. The van der Waals surface area contributed by atoms with Crippen LogP contribution >= 0.6 is 0 Å². The van der Waals surface area contributed by atoms with Gasteiger partial charge in [-0.05, 0) is 49.6 Å². The minimum absolute atomic E-state index is 0.392. The number of nitrogens with zero attached hydrogens (tertiary/aromatic N) is 3. The lowest BCUT2D eigenvalue weighted by atomic mass is 10.1. The smallest absolute Gasteiger partial charge is 0.0670 e. The molecule has 0 aliphatic carbocycles. The van der Waals surface area contributed by atoms with E-state index in [-0.39, 0.29) is 0 Å². The van der Waals surface area contributed by atoms with Gasteiger partial charge in [-0.3, -0.25) is 4.90 Å². The van der Waals surface area contributed by atoms with Crippen molar-refractivity contribution in [1.29, 1.82) is 5.26 Å². The Morgan fingerprint density at radius 2 is 2.10 bits per heavy atom. The molecule has 0 bridgehead atoms. The highest BCUT2D eigenvalue weighted by molar-refractivity contribution is 5.59. The standard InChI is InChI=1S/C16H22N4/c17-7-6-13-11-14(4-5-16(13)18)20-10-2-9-19-8-1-3-15(19)12-20/h4-5,11,15H,1-3,6,8-10,12,18H2. The fourth-order valence-electron chi connectivity index (χ4n) is 3.47. The third-order valence-corrected chi connectivity index (χ3v) is 4.56. The van der Waals surface area contributed by atoms with Crippen LogP contribution in [-0.2, 0) is 6.42 Å². The van der Waals surface area contributed by atoms with Crippen molar-refractivity contribution in [1.82, 2.24) is 4.90 Å². The molecule has 1 aromatic carbocycles. The second kappa shape index (κ2) is 5.72. The van der Waals surface area contributed by atoms with Crippen LogP contribution in [0.5, 0.6) is 0 Å². The van der Waals surface area contributed by atoms with E-state index in [1.54, 1.807) is 0 Å². The van der Waals surface area contributed by atoms with E-state index in [9.17, 15) is 0 Å². The summed E-state index contributed by atoms with van der Waals surface area (Å²) in [5.41, 5.74) is 8.85. The summed E-state index contributed by atoms with van der Waals surface area (Å²) in [5.74, 6) is 0. The average Bonchev–Trinajstić information content (AvgIpc) is 2.79. The maximum atomic E-state index is 8.89. The van der Waals surface area contributed by atoms with Crippen LogP contribution in [0.2, 0.25) is 0 Å². The monoisotopic (exact) mass is 270 g/mol. The van der Waals surface area contributed by atoms with E-state index in [0.29, 0.717) is 12.5 Å². The second-order valence-corrected chi connectivity index (χ2v) is 5.85. The molecule has 0 amide bonds. The highest BCUT2D eigenvalue weighted by atomic mass is 15.3. The molecular weight excluding hydrogens is 248 g/mol. The number of benzene rings is 1. The Kier molecular flexibility index (Phi) is 3.79. The van der Waals surface area contributed by atoms with Crippen LogP contribution in [0, 0.1) is 11.3 Å². The fourth-order valence-corrected chi connectivity index (χ4v) is 3.47. The van der Waals surface area contributed by atoms with Gasteiger partial charge < -0.3 is 10.6 Å². The first kappa shape index (κ1) is 13.3. The number of nitrogens with two attached hydrogens (primary N) is 1. The minimum atomic E-state index is 0.392. The molecule has 1 atom stereocenters. The molecule has 0 radical (unpaired) electrons. The molecule has 2 aliphatic heterocycles. The van der Waals surface area contributed by atoms with Gasteiger partial charge >= 0.3 is 0 Å². The van der Waals surface area contributed by atoms with E-state index in [1.165, 1.54) is 38.0 Å². The van der Waals surface area contributed by atoms with Crippen molar-refractivity contribution < 1.29 is 0 Å². The Morgan fingerprint density at radius 1 is 1.25 bits per heavy atom. The van der Waals surface area contributed by atoms with Crippen molar-refractivity contribution in [3.63, 3.8) is 0 Å². The van der Waals surface area contributed by atoms with Gasteiger partial charge in [0.2, 0.25) is 0 Å². The fraction of sp³-hybridized carbons (Fsp3) is 0.562. The first-order chi connectivity index (χ1) is 9.78. The molecule has 2 heterocycles. The number of fused-ring (bicyclic) bond motifs is 1. The summed E-state index contributed by atoms with van der Waals surface area (Å²) in [6.45, 7) is 4.69. The van der Waals surface area contributed by atoms with Gasteiger partial charge in [0, 0.05) is 37.1 Å². The van der Waals surface area contributed by atoms with Crippen molar-refractivity contribution in [3.05, 3.63) is 23.8 Å². The maximum Gasteiger partial charge on any atom is 0.0670 e. The summed E-state index contributed by atoms with van der Waals surface area (Å²) in [5, 5.41) is 8.89. The van der Waals surface area contributed by atoms with Crippen LogP contribution in [0.3, 0.4) is 0 Å². The van der Waals surface area contributed by atoms with Gasteiger partial charge in [-0.15, -0.1) is 0 Å². The van der Waals surface area contributed by atoms with Crippen LogP contribution in [-0.4, -0.2) is 37.1 Å². The van der Waals surface area contributed by atoms with Gasteiger partial charge in [-0.25, -0.2) is 0 Å². The summed E-state index contributed by atoms with van der Waals surface area (Å²) in [6.07, 6.45) is 4.26. The van der Waals surface area contributed by atoms with Crippen LogP contribution < -0.4 is 10.6 Å². The number of hydrogen-bond acceptors (Lipinski definition) is 4. The molecule has 20 heavy (non-hydrogen) atoms. The van der Waals surface area contributed by atoms with E-state index in [2.05, 4.69) is 28.0 Å². The lowest BCUT2D eigenvalue weighted by Gasteiger charge is -2.27. The molecule has 0 saturated carbocycles. The van der Waals surface area contributed by atoms with Crippen molar-refractivity contribution >= 4 is 11.4 Å². The molecule has 2 fully saturated rings. The Labute approximate surface area is 120 Å². The molecule has 4 nitrogen and oxygen atoms in total. The highest BCUT2D eigenvalue weighted by Crippen LogP contribution is 2.27. The van der Waals surface area contributed by atoms with E-state index >= 15 is 0 Å². The van der Waals surface area contributed by atoms with Gasteiger partial charge in [0.1, 0.15) is 0 Å². The average molecular weight is 270 g/mol. The molecule has 2 aliphatic rings. The van der Waals surface area contributed by atoms with Crippen LogP contribution in [0.1, 0.15) is 24.8 Å². The van der Waals surface area contributed by atoms with E-state index in [4.69, 9.17) is 11.0 Å². The van der Waals surface area contributed by atoms with E-state index in [1.807, 2.05) is 6.07 Å². The third-order valence-electron chi connectivity index (χ3n) is 4.56. The molecule has 0 spiro atoms. The molecule has 4 heteroatoms. The molecule has 1 unspecified atom stereocenters. The molecule has 3 rings (SSSR count). The van der Waals surface area contributed by atoms with Crippen molar-refractivity contribution in [3.8, 4) is 6.07 Å². The summed E-state index contributed by atoms with van der Waals surface area (Å²) in [7, 11) is 0. The van der Waals surface area contributed by atoms with Gasteiger partial charge in [-0.1, -0.05) is 0 Å². The number of nitriles is 1. The largest absolute Gasteiger partial charge is 0.398 e. The van der Waals surface area contributed by atoms with Gasteiger partial charge in [-0.2, -0.15) is 5.26 Å². The van der Waals surface area contributed by atoms with Crippen LogP contribution in [0.15, 0.2) is 18.2 Å². The van der Waals surface area contributed by atoms with Crippen molar-refractivity contribution in [2.45, 2.75) is 31.7 Å². The quantitative estimate of drug-likeness (QED) is 0.835. The zero-order valence-electron chi connectivity index (χ0n) is 11.9. The predicted octanol–water partition coefficient (Wildman–Crippen LogP) is 2.01. The van der Waals surface area contributed by atoms with E-state index < -0.39 is 0 Å². The number of hydrogen-bond donors (Lipinski definition) is 1. The summed E-state index contributed by atoms with van der Waals surface area (Å²) in [6, 6.07) is 9.04. The molecule has 2 N–H and O–H groups in total. The molecule has 1 aromatic rings. The van der Waals surface area contributed by atoms with Crippen molar-refractivity contribution in [2.75, 3.05) is 36.8 Å². The molecule has 106 valence electrons. The van der Waals surface area contributed by atoms with Gasteiger partial charge in [0.15, 0.2) is 0 Å². The zero-order valence-corrected chi connectivity index (χ0v) is 11.9. The lowest BCUT2D eigenvalue weighted by Crippen LogP contribution is -2.36. The Balaban J connectivity index is 1.81. The normalized spacial score (nSPS) is 23.1. The lowest BCUT2D eigenvalue weighted by molar-refractivity contribution is 0.273. The summed E-state index contributed by atoms with van der Waals surface area (Å²) in [4.78, 5) is 5.10. The number of nitrogen functional groups attached to an aromatic ring is 1. The zero-order chi connectivity index (χ0) is 13.9. The third kappa shape index (κ3) is 2.59. The minimum Gasteiger partial charge on any atom is -0.398 e. The van der Waals surface area contributed by atoms with Gasteiger partial charge in [0.25, 0.3) is 0 Å². The Morgan fingerprint density at radius 3 is 2.95 bits per heavy atom. The summed E-state index contributed by atoms with van der Waals surface area (Å²) >= 11 is 0. The van der Waals surface area contributed by atoms with Crippen molar-refractivity contribution in [2.24, 2.45) is 0 Å². The van der Waals surface area contributed by atoms with Gasteiger partial charge in [0.05, 0.1) is 12.5 Å². The highest BCUT2D eigenvalue weighted by Gasteiger charge is 2.28. The summed E-state index contributed by atoms with van der Waals surface area (Å²) < 4.78 is 0. The number of rotatable bonds is 2. The molecule has 0 aromatic heterocycles. The topological polar surface area (TPSA) is 56.3 Å². The Bertz CT molecular complexity index is 520. The first-order valence-electron chi connectivity index (χ1n) is 7.52. The predicted molar refractivity (Wildman–Crippen MR) is 81.6 cm³/mol. The molecular formula is C16H22N4. The first-order valence-corrected chi connectivity index (χ1v) is 7.52. The Hall–Kier alpha value is -1.73. The van der Waals surface area contributed by atoms with E-state index in [0.717, 1.165) is 24.3 Å². The SMILES string of the molecule is N#CCc1cc(N2CCCN3CCCC3C2)ccc1N. The second-order valence-electron chi connectivity index (χ2n) is 5.85.